The molecule has 1 unspecified atom stereocenters. The van der Waals surface area contributed by atoms with E-state index in [-0.39, 0.29) is 0 Å². The molecule has 0 saturated heterocycles. The zero-order valence-electron chi connectivity index (χ0n) is 42.9. The van der Waals surface area contributed by atoms with E-state index in [0.29, 0.717) is 0 Å². The highest BCUT2D eigenvalue weighted by Crippen LogP contribution is 2.64. The molecule has 368 valence electrons. The van der Waals surface area contributed by atoms with E-state index in [2.05, 4.69) is 290 Å². The first-order valence-corrected chi connectivity index (χ1v) is 28.4. The highest BCUT2D eigenvalue weighted by atomic mass is 32.1. The second kappa shape index (κ2) is 18.5. The molecule has 78 heavy (non-hydrogen) atoms. The number of nitrogens with zero attached hydrogens (tertiary/aromatic N) is 2. The number of anilines is 6. The van der Waals surface area contributed by atoms with E-state index in [4.69, 9.17) is 6.58 Å². The van der Waals surface area contributed by atoms with Crippen LogP contribution in [0.15, 0.2) is 285 Å². The summed E-state index contributed by atoms with van der Waals surface area (Å²) in [6.07, 6.45) is 8.63. The fourth-order valence-corrected chi connectivity index (χ4v) is 15.3. The molecule has 14 aromatic rings. The normalized spacial score (nSPS) is 14.2. The zero-order chi connectivity index (χ0) is 51.9. The Hall–Kier alpha value is -9.32. The van der Waals surface area contributed by atoms with Gasteiger partial charge in [-0.3, -0.25) is 0 Å². The van der Waals surface area contributed by atoms with E-state index >= 15 is 0 Å². The number of fused-ring (bicyclic) bond motifs is 16. The molecule has 1 aliphatic carbocycles. The molecule has 0 N–H and O–H groups in total. The van der Waals surface area contributed by atoms with Crippen molar-refractivity contribution in [2.45, 2.75) is 12.3 Å². The number of hydrogen-bond donors (Lipinski definition) is 0. The average molecular weight is 1030 g/mol. The van der Waals surface area contributed by atoms with E-state index in [1.807, 2.05) is 22.7 Å². The van der Waals surface area contributed by atoms with Crippen molar-refractivity contribution in [1.82, 2.24) is 0 Å². The second-order valence-electron chi connectivity index (χ2n) is 20.3. The third kappa shape index (κ3) is 6.87. The van der Waals surface area contributed by atoms with Gasteiger partial charge in [0.2, 0.25) is 0 Å². The van der Waals surface area contributed by atoms with Gasteiger partial charge in [0.15, 0.2) is 0 Å². The molecule has 0 fully saturated rings. The summed E-state index contributed by atoms with van der Waals surface area (Å²) in [4.78, 5) is 4.99. The van der Waals surface area contributed by atoms with Crippen molar-refractivity contribution in [2.24, 2.45) is 0 Å². The predicted octanol–water partition coefficient (Wildman–Crippen LogP) is 21.8. The maximum atomic E-state index is 5.21. The molecule has 2 heterocycles. The Bertz CT molecular complexity index is 4780. The van der Waals surface area contributed by atoms with E-state index in [1.54, 1.807) is 0 Å². The number of para-hydroxylation sites is 2. The molecule has 0 radical (unpaired) electrons. The van der Waals surface area contributed by atoms with Crippen molar-refractivity contribution in [3.63, 3.8) is 0 Å². The summed E-state index contributed by atoms with van der Waals surface area (Å²) >= 11 is 3.74. The van der Waals surface area contributed by atoms with E-state index in [0.717, 1.165) is 39.7 Å². The highest BCUT2D eigenvalue weighted by Gasteiger charge is 2.49. The van der Waals surface area contributed by atoms with E-state index in [9.17, 15) is 0 Å². The van der Waals surface area contributed by atoms with Gasteiger partial charge in [0, 0.05) is 53.4 Å². The molecular formula is C74H50N2S2. The number of thiophene rings is 2. The zero-order valence-corrected chi connectivity index (χ0v) is 44.5. The Labute approximate surface area is 461 Å². The highest BCUT2D eigenvalue weighted by molar-refractivity contribution is 7.26. The van der Waals surface area contributed by atoms with Crippen LogP contribution in [0, 0.1) is 0 Å². The molecule has 15 rings (SSSR count). The molecule has 0 amide bonds. The van der Waals surface area contributed by atoms with Gasteiger partial charge in [0.05, 0.1) is 31.9 Å². The van der Waals surface area contributed by atoms with Crippen molar-refractivity contribution in [1.29, 1.82) is 0 Å². The summed E-state index contributed by atoms with van der Waals surface area (Å²) in [6.45, 7) is 7.28. The fraction of sp³-hybridized carbons (Fsp3) is 0.0270. The molecule has 0 spiro atoms. The van der Waals surface area contributed by atoms with Crippen LogP contribution in [0.3, 0.4) is 0 Å². The summed E-state index contributed by atoms with van der Waals surface area (Å²) in [5.41, 5.74) is 13.0. The lowest BCUT2D eigenvalue weighted by molar-refractivity contribution is 0.778. The number of rotatable bonds is 10. The molecule has 0 bridgehead atoms. The summed E-state index contributed by atoms with van der Waals surface area (Å²) in [6, 6.07) is 92.3. The maximum Gasteiger partial charge on any atom is 0.0715 e. The molecule has 2 aromatic heterocycles. The monoisotopic (exact) mass is 1030 g/mol. The van der Waals surface area contributed by atoms with Crippen LogP contribution in [0.2, 0.25) is 0 Å². The van der Waals surface area contributed by atoms with Gasteiger partial charge in [-0.05, 0) is 134 Å². The van der Waals surface area contributed by atoms with Gasteiger partial charge in [-0.15, -0.1) is 22.7 Å². The van der Waals surface area contributed by atoms with Crippen LogP contribution in [-0.2, 0) is 5.41 Å². The van der Waals surface area contributed by atoms with Gasteiger partial charge in [0.25, 0.3) is 0 Å². The summed E-state index contributed by atoms with van der Waals surface area (Å²) in [7, 11) is 0. The average Bonchev–Trinajstić information content (AvgIpc) is 2.91. The largest absolute Gasteiger partial charge is 0.309 e. The van der Waals surface area contributed by atoms with Gasteiger partial charge >= 0.3 is 0 Å². The summed E-state index contributed by atoms with van der Waals surface area (Å²) < 4.78 is 5.08. The molecule has 1 aliphatic rings. The lowest BCUT2D eigenvalue weighted by Gasteiger charge is -2.36. The van der Waals surface area contributed by atoms with E-state index in [1.165, 1.54) is 100 Å². The van der Waals surface area contributed by atoms with Gasteiger partial charge in [-0.2, -0.15) is 0 Å². The van der Waals surface area contributed by atoms with Gasteiger partial charge in [-0.25, -0.2) is 0 Å². The molecule has 12 aromatic carbocycles. The van der Waals surface area contributed by atoms with Gasteiger partial charge in [-0.1, -0.05) is 213 Å². The van der Waals surface area contributed by atoms with Crippen LogP contribution in [0.4, 0.5) is 34.1 Å². The first-order valence-electron chi connectivity index (χ1n) is 26.7. The fourth-order valence-electron chi connectivity index (χ4n) is 12.9. The quantitative estimate of drug-likeness (QED) is 0.0995. The summed E-state index contributed by atoms with van der Waals surface area (Å²) in [5, 5.41) is 12.3. The van der Waals surface area contributed by atoms with Crippen molar-refractivity contribution in [3.8, 4) is 11.1 Å². The smallest absolute Gasteiger partial charge is 0.0715 e. The second-order valence-corrected chi connectivity index (χ2v) is 22.4. The third-order valence-electron chi connectivity index (χ3n) is 16.1. The molecule has 0 aliphatic heterocycles. The van der Waals surface area contributed by atoms with Crippen LogP contribution in [0.5, 0.6) is 0 Å². The minimum absolute atomic E-state index is 0.847. The number of hydrogen-bond acceptors (Lipinski definition) is 4. The lowest BCUT2D eigenvalue weighted by atomic mass is 9.66. The maximum absolute atomic E-state index is 5.21. The number of benzene rings is 12. The first kappa shape index (κ1) is 46.0. The van der Waals surface area contributed by atoms with Crippen LogP contribution < -0.4 is 9.80 Å². The molecule has 0 saturated carbocycles. The Balaban J connectivity index is 1.07. The number of allylic oxidation sites excluding steroid dienone is 5. The van der Waals surface area contributed by atoms with Crippen molar-refractivity contribution in [3.05, 3.63) is 302 Å². The van der Waals surface area contributed by atoms with E-state index < -0.39 is 5.41 Å². The Morgan fingerprint density at radius 2 is 0.885 bits per heavy atom. The lowest BCUT2D eigenvalue weighted by Crippen LogP contribution is -2.29. The van der Waals surface area contributed by atoms with Crippen LogP contribution in [0.1, 0.15) is 23.6 Å². The van der Waals surface area contributed by atoms with Crippen molar-refractivity contribution >= 4 is 129 Å². The topological polar surface area (TPSA) is 6.48 Å². The Morgan fingerprint density at radius 1 is 0.385 bits per heavy atom. The SMILES string of the molecule is C=C(/C=C\C=C/C)C1(c2ccccc2)c2cc(N(c3ccccc3)c3cccc4c3sc3ccccc34)c3ccccc3c2-c2c1c1ccc(N(c3ccccc3)c3cccc4c3sc3ccccc34)cc1c1ccccc21. The van der Waals surface area contributed by atoms with Crippen LogP contribution in [0.25, 0.3) is 83.8 Å². The molecule has 4 heteroatoms. The third-order valence-corrected chi connectivity index (χ3v) is 18.5. The van der Waals surface area contributed by atoms with Gasteiger partial charge < -0.3 is 9.80 Å². The van der Waals surface area contributed by atoms with Crippen molar-refractivity contribution in [2.75, 3.05) is 9.80 Å². The standard InChI is InChI=1S/C74H50N2S2/c1-3-4-8-25-48(2)74(49-26-9-5-10-27-49)63-47-66(76(51-30-13-7-14-31-51)65-41-24-39-61-56-35-20-22-43-68(56)78-73(61)65)54-33-16-18-37-58(54)69(63)70-57-36-17-15-32-53(57)62-46-52(44-45-59(62)71(70)74)75(50-28-11-6-12-29-50)64-40-23-38-60-55-34-19-21-42-67(55)77-72(60)64/h3-47H,2H2,1H3/b4-3-,25-8-. The Morgan fingerprint density at radius 3 is 1.50 bits per heavy atom. The van der Waals surface area contributed by atoms with Crippen LogP contribution >= 0.6 is 22.7 Å². The van der Waals surface area contributed by atoms with Gasteiger partial charge in [0.1, 0.15) is 0 Å². The minimum Gasteiger partial charge on any atom is -0.309 e. The Kier molecular flexibility index (Phi) is 10.9. The minimum atomic E-state index is -0.847. The molecular weight excluding hydrogens is 981 g/mol. The van der Waals surface area contributed by atoms with Crippen LogP contribution in [-0.4, -0.2) is 0 Å². The summed E-state index contributed by atoms with van der Waals surface area (Å²) in [5.74, 6) is 0. The van der Waals surface area contributed by atoms with Crippen molar-refractivity contribution < 1.29 is 0 Å². The predicted molar refractivity (Wildman–Crippen MR) is 339 cm³/mol. The molecule has 2 nitrogen and oxygen atoms in total. The first-order chi connectivity index (χ1) is 38.6. The molecule has 1 atom stereocenters.